The quantitative estimate of drug-likeness (QED) is 0.669. The lowest BCUT2D eigenvalue weighted by Crippen LogP contribution is -2.43. The summed E-state index contributed by atoms with van der Waals surface area (Å²) >= 11 is 7.11. The van der Waals surface area contributed by atoms with E-state index in [-0.39, 0.29) is 24.2 Å². The van der Waals surface area contributed by atoms with Crippen LogP contribution in [0.5, 0.6) is 5.75 Å². The van der Waals surface area contributed by atoms with E-state index >= 15 is 0 Å². The molecule has 3 aromatic rings. The van der Waals surface area contributed by atoms with Crippen molar-refractivity contribution < 1.29 is 23.1 Å². The number of ether oxygens (including phenoxy) is 1. The maximum absolute atomic E-state index is 13.4. The number of aromatic nitrogens is 1. The Morgan fingerprint density at radius 2 is 2.07 bits per heavy atom. The summed E-state index contributed by atoms with van der Waals surface area (Å²) in [4.78, 5) is 30.1. The van der Waals surface area contributed by atoms with Gasteiger partial charge < -0.3 is 10.1 Å². The van der Waals surface area contributed by atoms with Crippen LogP contribution >= 0.6 is 22.9 Å². The van der Waals surface area contributed by atoms with E-state index in [2.05, 4.69) is 10.3 Å². The van der Waals surface area contributed by atoms with Gasteiger partial charge in [0.25, 0.3) is 5.91 Å². The largest absolute Gasteiger partial charge is 0.482 e. The molecule has 0 unspecified atom stereocenters. The monoisotopic (exact) mass is 435 g/mol. The topological polar surface area (TPSA) is 71.5 Å². The SMILES string of the molecule is O=C(CN1C(=O)COc2ccc(Cl)cc21)Nc1nc(-c2ccc(F)c(F)c2)cs1. The molecule has 0 saturated heterocycles. The molecule has 10 heteroatoms. The van der Waals surface area contributed by atoms with Crippen molar-refractivity contribution in [2.75, 3.05) is 23.4 Å². The first-order chi connectivity index (χ1) is 13.9. The Balaban J connectivity index is 1.48. The average molecular weight is 436 g/mol. The lowest BCUT2D eigenvalue weighted by molar-refractivity contribution is -0.123. The minimum Gasteiger partial charge on any atom is -0.482 e. The van der Waals surface area contributed by atoms with Gasteiger partial charge in [-0.2, -0.15) is 0 Å². The van der Waals surface area contributed by atoms with Crippen LogP contribution in [0.25, 0.3) is 11.3 Å². The van der Waals surface area contributed by atoms with Crippen molar-refractivity contribution >= 4 is 45.6 Å². The lowest BCUT2D eigenvalue weighted by atomic mass is 10.2. The van der Waals surface area contributed by atoms with Gasteiger partial charge in [0.15, 0.2) is 23.4 Å². The predicted molar refractivity (Wildman–Crippen MR) is 105 cm³/mol. The zero-order chi connectivity index (χ0) is 20.5. The zero-order valence-electron chi connectivity index (χ0n) is 14.6. The molecule has 0 saturated carbocycles. The standard InChI is InChI=1S/C19H12ClF2N3O3S/c20-11-2-4-16-15(6-11)25(18(27)8-28-16)7-17(26)24-19-23-14(9-29-19)10-1-3-12(21)13(22)5-10/h1-6,9H,7-8H2,(H,23,24,26). The van der Waals surface area contributed by atoms with E-state index in [0.29, 0.717) is 27.7 Å². The Kier molecular flexibility index (Phi) is 5.16. The minimum absolute atomic E-state index is 0.181. The summed E-state index contributed by atoms with van der Waals surface area (Å²) in [5.41, 5.74) is 1.18. The molecule has 29 heavy (non-hydrogen) atoms. The first-order valence-corrected chi connectivity index (χ1v) is 9.60. The van der Waals surface area contributed by atoms with E-state index in [1.807, 2.05) is 0 Å². The fourth-order valence-electron chi connectivity index (χ4n) is 2.77. The van der Waals surface area contributed by atoms with E-state index in [9.17, 15) is 18.4 Å². The molecule has 2 aromatic carbocycles. The first kappa shape index (κ1) is 19.3. The Morgan fingerprint density at radius 1 is 1.24 bits per heavy atom. The van der Waals surface area contributed by atoms with Crippen LogP contribution in [-0.2, 0) is 9.59 Å². The third-order valence-electron chi connectivity index (χ3n) is 4.13. The highest BCUT2D eigenvalue weighted by Crippen LogP contribution is 2.34. The molecule has 0 atom stereocenters. The number of rotatable bonds is 4. The van der Waals surface area contributed by atoms with E-state index in [1.165, 1.54) is 11.0 Å². The lowest BCUT2D eigenvalue weighted by Gasteiger charge is -2.28. The van der Waals surface area contributed by atoms with Gasteiger partial charge in [-0.15, -0.1) is 11.3 Å². The summed E-state index contributed by atoms with van der Waals surface area (Å²) in [6.07, 6.45) is 0. The number of hydrogen-bond acceptors (Lipinski definition) is 5. The van der Waals surface area contributed by atoms with Gasteiger partial charge >= 0.3 is 0 Å². The normalized spacial score (nSPS) is 13.1. The number of hydrogen-bond donors (Lipinski definition) is 1. The van der Waals surface area contributed by atoms with Crippen molar-refractivity contribution in [2.24, 2.45) is 0 Å². The molecule has 0 radical (unpaired) electrons. The Bertz CT molecular complexity index is 1120. The van der Waals surface area contributed by atoms with Gasteiger partial charge in [-0.25, -0.2) is 13.8 Å². The molecule has 148 valence electrons. The molecule has 4 rings (SSSR count). The second kappa shape index (κ2) is 7.76. The van der Waals surface area contributed by atoms with Gasteiger partial charge in [-0.05, 0) is 36.4 Å². The summed E-state index contributed by atoms with van der Waals surface area (Å²) in [7, 11) is 0. The number of nitrogens with one attached hydrogen (secondary N) is 1. The smallest absolute Gasteiger partial charge is 0.265 e. The predicted octanol–water partition coefficient (Wildman–Crippen LogP) is 4.11. The molecule has 0 aliphatic carbocycles. The van der Waals surface area contributed by atoms with Crippen molar-refractivity contribution in [3.63, 3.8) is 0 Å². The maximum atomic E-state index is 13.4. The number of amides is 2. The van der Waals surface area contributed by atoms with Crippen LogP contribution in [0, 0.1) is 11.6 Å². The Morgan fingerprint density at radius 3 is 2.86 bits per heavy atom. The molecule has 1 aromatic heterocycles. The van der Waals surface area contributed by atoms with Crippen LogP contribution in [0.2, 0.25) is 5.02 Å². The Labute approximate surface area is 172 Å². The van der Waals surface area contributed by atoms with Gasteiger partial charge in [-0.1, -0.05) is 11.6 Å². The molecule has 2 amide bonds. The Hall–Kier alpha value is -3.04. The molecule has 0 spiro atoms. The van der Waals surface area contributed by atoms with E-state index < -0.39 is 17.5 Å². The minimum atomic E-state index is -0.982. The summed E-state index contributed by atoms with van der Waals surface area (Å²) in [5, 5.41) is 4.88. The van der Waals surface area contributed by atoms with Gasteiger partial charge in [0.05, 0.1) is 11.4 Å². The van der Waals surface area contributed by atoms with Crippen LogP contribution in [0.4, 0.5) is 19.6 Å². The molecule has 6 nitrogen and oxygen atoms in total. The first-order valence-electron chi connectivity index (χ1n) is 8.34. The van der Waals surface area contributed by atoms with Crippen LogP contribution in [-0.4, -0.2) is 29.9 Å². The van der Waals surface area contributed by atoms with Crippen molar-refractivity contribution in [3.05, 3.63) is 58.4 Å². The molecule has 1 aliphatic rings. The highest BCUT2D eigenvalue weighted by molar-refractivity contribution is 7.14. The molecular weight excluding hydrogens is 424 g/mol. The number of fused-ring (bicyclic) bond motifs is 1. The number of thiazole rings is 1. The number of carbonyl (C=O) groups is 2. The van der Waals surface area contributed by atoms with Crippen LogP contribution in [0.3, 0.4) is 0 Å². The second-order valence-electron chi connectivity index (χ2n) is 6.10. The number of halogens is 3. The number of anilines is 2. The van der Waals surface area contributed by atoms with Crippen LogP contribution in [0.1, 0.15) is 0 Å². The fourth-order valence-corrected chi connectivity index (χ4v) is 3.67. The molecule has 2 heterocycles. The van der Waals surface area contributed by atoms with Gasteiger partial charge in [0.2, 0.25) is 5.91 Å². The number of carbonyl (C=O) groups excluding carboxylic acids is 2. The molecule has 0 fully saturated rings. The van der Waals surface area contributed by atoms with Crippen molar-refractivity contribution in [3.8, 4) is 17.0 Å². The molecule has 1 aliphatic heterocycles. The highest BCUT2D eigenvalue weighted by Gasteiger charge is 2.27. The highest BCUT2D eigenvalue weighted by atomic mass is 35.5. The number of benzene rings is 2. The fraction of sp³-hybridized carbons (Fsp3) is 0.105. The van der Waals surface area contributed by atoms with Gasteiger partial charge in [0, 0.05) is 16.0 Å². The number of nitrogens with zero attached hydrogens (tertiary/aromatic N) is 2. The third-order valence-corrected chi connectivity index (χ3v) is 5.12. The van der Waals surface area contributed by atoms with Crippen molar-refractivity contribution in [2.45, 2.75) is 0 Å². The van der Waals surface area contributed by atoms with Gasteiger partial charge in [-0.3, -0.25) is 14.5 Å². The van der Waals surface area contributed by atoms with Crippen LogP contribution < -0.4 is 15.0 Å². The van der Waals surface area contributed by atoms with Crippen molar-refractivity contribution in [1.29, 1.82) is 0 Å². The third kappa shape index (κ3) is 4.06. The van der Waals surface area contributed by atoms with Crippen molar-refractivity contribution in [1.82, 2.24) is 4.98 Å². The molecule has 0 bridgehead atoms. The summed E-state index contributed by atoms with van der Waals surface area (Å²) in [5.74, 6) is -2.33. The van der Waals surface area contributed by atoms with Gasteiger partial charge in [0.1, 0.15) is 12.3 Å². The summed E-state index contributed by atoms with van der Waals surface area (Å²) in [6.45, 7) is -0.435. The van der Waals surface area contributed by atoms with E-state index in [1.54, 1.807) is 23.6 Å². The second-order valence-corrected chi connectivity index (χ2v) is 7.39. The summed E-state index contributed by atoms with van der Waals surface area (Å²) in [6, 6.07) is 8.24. The van der Waals surface area contributed by atoms with Crippen LogP contribution in [0.15, 0.2) is 41.8 Å². The van der Waals surface area contributed by atoms with E-state index in [0.717, 1.165) is 23.5 Å². The zero-order valence-corrected chi connectivity index (χ0v) is 16.2. The maximum Gasteiger partial charge on any atom is 0.265 e. The summed E-state index contributed by atoms with van der Waals surface area (Å²) < 4.78 is 31.8. The molecule has 1 N–H and O–H groups in total. The van der Waals surface area contributed by atoms with E-state index in [4.69, 9.17) is 16.3 Å². The molecular formula is C19H12ClF2N3O3S. The average Bonchev–Trinajstić information content (AvgIpc) is 3.14.